The molecule has 3 aromatic rings. The summed E-state index contributed by atoms with van der Waals surface area (Å²) in [7, 11) is -1.67. The first-order chi connectivity index (χ1) is 12.4. The Balaban J connectivity index is 1.72. The highest BCUT2D eigenvalue weighted by atomic mass is 32.2. The van der Waals surface area contributed by atoms with Gasteiger partial charge in [-0.2, -0.15) is 4.31 Å². The molecule has 0 bridgehead atoms. The number of rotatable bonds is 4. The highest BCUT2D eigenvalue weighted by Crippen LogP contribution is 2.19. The summed E-state index contributed by atoms with van der Waals surface area (Å²) in [6.45, 7) is 0.181. The van der Waals surface area contributed by atoms with Gasteiger partial charge in [0.05, 0.1) is 18.5 Å². The quantitative estimate of drug-likeness (QED) is 0.669. The van der Waals surface area contributed by atoms with Crippen molar-refractivity contribution in [3.05, 3.63) is 77.6 Å². The van der Waals surface area contributed by atoms with Crippen LogP contribution in [0.15, 0.2) is 60.8 Å². The molecule has 0 saturated heterocycles. The van der Waals surface area contributed by atoms with E-state index >= 15 is 0 Å². The van der Waals surface area contributed by atoms with Crippen LogP contribution in [0.3, 0.4) is 0 Å². The van der Waals surface area contributed by atoms with Gasteiger partial charge in [0.2, 0.25) is 10.0 Å². The molecule has 0 N–H and O–H groups in total. The second kappa shape index (κ2) is 7.69. The van der Waals surface area contributed by atoms with E-state index in [1.807, 2.05) is 48.7 Å². The third kappa shape index (κ3) is 4.48. The zero-order valence-electron chi connectivity index (χ0n) is 14.8. The number of aromatic nitrogens is 1. The van der Waals surface area contributed by atoms with Crippen molar-refractivity contribution < 1.29 is 8.42 Å². The third-order valence-electron chi connectivity index (χ3n) is 4.18. The summed E-state index contributed by atoms with van der Waals surface area (Å²) in [5.74, 6) is 5.88. The van der Waals surface area contributed by atoms with Crippen LogP contribution < -0.4 is 0 Å². The van der Waals surface area contributed by atoms with Crippen LogP contribution in [0, 0.1) is 11.8 Å². The molecule has 4 nitrogen and oxygen atoms in total. The summed E-state index contributed by atoms with van der Waals surface area (Å²) in [5, 5.41) is 2.36. The molecule has 0 unspecified atom stereocenters. The number of nitrogens with zero attached hydrogens (tertiary/aromatic N) is 2. The molecule has 1 aromatic heterocycles. The molecule has 0 aliphatic rings. The predicted octanol–water partition coefficient (Wildman–Crippen LogP) is 3.07. The van der Waals surface area contributed by atoms with Crippen molar-refractivity contribution in [1.82, 2.24) is 9.29 Å². The van der Waals surface area contributed by atoms with Crippen molar-refractivity contribution in [1.29, 1.82) is 0 Å². The smallest absolute Gasteiger partial charge is 0.211 e. The molecule has 0 aliphatic heterocycles. The Bertz CT molecular complexity index is 1070. The summed E-state index contributed by atoms with van der Waals surface area (Å²) in [5.41, 5.74) is 3.07. The molecule has 5 heteroatoms. The van der Waals surface area contributed by atoms with Gasteiger partial charge in [-0.1, -0.05) is 48.2 Å². The van der Waals surface area contributed by atoms with E-state index in [4.69, 9.17) is 0 Å². The fourth-order valence-electron chi connectivity index (χ4n) is 2.59. The second-order valence-electron chi connectivity index (χ2n) is 6.17. The topological polar surface area (TPSA) is 50.3 Å². The third-order valence-corrected chi connectivity index (χ3v) is 5.44. The fraction of sp³-hybridized carbons (Fsp3) is 0.190. The summed E-state index contributed by atoms with van der Waals surface area (Å²) < 4.78 is 23.9. The molecule has 26 heavy (non-hydrogen) atoms. The van der Waals surface area contributed by atoms with Gasteiger partial charge >= 0.3 is 0 Å². The summed E-state index contributed by atoms with van der Waals surface area (Å²) in [4.78, 5) is 4.53. The normalized spacial score (nSPS) is 11.3. The van der Waals surface area contributed by atoms with Gasteiger partial charge in [-0.25, -0.2) is 8.42 Å². The van der Waals surface area contributed by atoms with Crippen LogP contribution >= 0.6 is 0 Å². The van der Waals surface area contributed by atoms with E-state index in [1.54, 1.807) is 0 Å². The van der Waals surface area contributed by atoms with Crippen LogP contribution in [-0.4, -0.2) is 37.6 Å². The van der Waals surface area contributed by atoms with Gasteiger partial charge in [0.15, 0.2) is 0 Å². The Kier molecular flexibility index (Phi) is 5.36. The zero-order chi connectivity index (χ0) is 18.6. The Hall–Kier alpha value is -2.68. The molecule has 3 rings (SSSR count). The van der Waals surface area contributed by atoms with Crippen LogP contribution in [0.1, 0.15) is 16.8 Å². The van der Waals surface area contributed by atoms with E-state index in [2.05, 4.69) is 29.0 Å². The Morgan fingerprint density at radius 3 is 2.50 bits per heavy atom. The summed E-state index contributed by atoms with van der Waals surface area (Å²) in [6, 6.07) is 18.2. The molecule has 2 aromatic carbocycles. The molecule has 1 heterocycles. The summed E-state index contributed by atoms with van der Waals surface area (Å²) >= 11 is 0. The predicted molar refractivity (Wildman–Crippen MR) is 105 cm³/mol. The maximum Gasteiger partial charge on any atom is 0.211 e. The monoisotopic (exact) mass is 364 g/mol. The van der Waals surface area contributed by atoms with Crippen molar-refractivity contribution in [2.45, 2.75) is 6.42 Å². The molecular formula is C21H20N2O2S. The van der Waals surface area contributed by atoms with Crippen molar-refractivity contribution >= 4 is 20.8 Å². The number of hydrogen-bond donors (Lipinski definition) is 0. The SMILES string of the molecule is CN(CC#Cc1ccc(Cc2nccc3ccccc23)cc1)S(C)(=O)=O. The second-order valence-corrected chi connectivity index (χ2v) is 8.26. The fourth-order valence-corrected chi connectivity index (χ4v) is 2.89. The highest BCUT2D eigenvalue weighted by molar-refractivity contribution is 7.88. The first-order valence-electron chi connectivity index (χ1n) is 8.25. The highest BCUT2D eigenvalue weighted by Gasteiger charge is 2.08. The molecule has 0 spiro atoms. The molecule has 0 amide bonds. The lowest BCUT2D eigenvalue weighted by molar-refractivity contribution is 0.509. The average molecular weight is 364 g/mol. The van der Waals surface area contributed by atoms with Crippen LogP contribution in [-0.2, 0) is 16.4 Å². The van der Waals surface area contributed by atoms with Crippen LogP contribution in [0.4, 0.5) is 0 Å². The first-order valence-corrected chi connectivity index (χ1v) is 10.1. The van der Waals surface area contributed by atoms with Crippen molar-refractivity contribution in [2.24, 2.45) is 0 Å². The number of sulfonamides is 1. The van der Waals surface area contributed by atoms with E-state index in [9.17, 15) is 8.42 Å². The van der Waals surface area contributed by atoms with E-state index in [0.29, 0.717) is 0 Å². The van der Waals surface area contributed by atoms with Gasteiger partial charge < -0.3 is 0 Å². The lowest BCUT2D eigenvalue weighted by Gasteiger charge is -2.08. The van der Waals surface area contributed by atoms with Crippen LogP contribution in [0.5, 0.6) is 0 Å². The minimum atomic E-state index is -3.19. The van der Waals surface area contributed by atoms with Gasteiger partial charge in [0, 0.05) is 30.6 Å². The van der Waals surface area contributed by atoms with Gasteiger partial charge in [0.1, 0.15) is 0 Å². The first kappa shape index (κ1) is 18.1. The Labute approximate surface area is 154 Å². The van der Waals surface area contributed by atoms with Crippen LogP contribution in [0.25, 0.3) is 10.8 Å². The van der Waals surface area contributed by atoms with Crippen molar-refractivity contribution in [3.63, 3.8) is 0 Å². The van der Waals surface area contributed by atoms with Crippen molar-refractivity contribution in [2.75, 3.05) is 19.8 Å². The molecule has 0 fully saturated rings. The largest absolute Gasteiger partial charge is 0.260 e. The molecule has 0 atom stereocenters. The van der Waals surface area contributed by atoms with E-state index < -0.39 is 10.0 Å². The van der Waals surface area contributed by atoms with Gasteiger partial charge in [-0.05, 0) is 29.1 Å². The average Bonchev–Trinajstić information content (AvgIpc) is 2.62. The van der Waals surface area contributed by atoms with E-state index in [-0.39, 0.29) is 6.54 Å². The number of hydrogen-bond acceptors (Lipinski definition) is 3. The van der Waals surface area contributed by atoms with Gasteiger partial charge in [0.25, 0.3) is 0 Å². The number of fused-ring (bicyclic) bond motifs is 1. The van der Waals surface area contributed by atoms with Crippen molar-refractivity contribution in [3.8, 4) is 11.8 Å². The molecule has 0 radical (unpaired) electrons. The molecule has 132 valence electrons. The Morgan fingerprint density at radius 2 is 1.77 bits per heavy atom. The van der Waals surface area contributed by atoms with E-state index in [1.165, 1.54) is 28.4 Å². The minimum absolute atomic E-state index is 0.181. The standard InChI is InChI=1S/C21H20N2O2S/c1-23(26(2,24)25)15-5-6-17-9-11-18(12-10-17)16-21-20-8-4-3-7-19(20)13-14-22-21/h3-4,7-14H,15-16H2,1-2H3. The maximum atomic E-state index is 11.3. The zero-order valence-corrected chi connectivity index (χ0v) is 15.6. The Morgan fingerprint density at radius 1 is 1.04 bits per heavy atom. The number of benzene rings is 2. The molecule has 0 saturated carbocycles. The molecular weight excluding hydrogens is 344 g/mol. The van der Waals surface area contributed by atoms with Crippen LogP contribution in [0.2, 0.25) is 0 Å². The number of pyridine rings is 1. The lowest BCUT2D eigenvalue weighted by atomic mass is 10.0. The lowest BCUT2D eigenvalue weighted by Crippen LogP contribution is -2.25. The van der Waals surface area contributed by atoms with E-state index in [0.717, 1.165) is 23.2 Å². The molecule has 0 aliphatic carbocycles. The van der Waals surface area contributed by atoms with Gasteiger partial charge in [-0.3, -0.25) is 4.98 Å². The minimum Gasteiger partial charge on any atom is -0.260 e. The maximum absolute atomic E-state index is 11.3. The van der Waals surface area contributed by atoms with Gasteiger partial charge in [-0.15, -0.1) is 0 Å². The summed E-state index contributed by atoms with van der Waals surface area (Å²) in [6.07, 6.45) is 3.77.